The molecule has 3 nitrogen and oxygen atoms in total. The van der Waals surface area contributed by atoms with Crippen LogP contribution in [0.4, 0.5) is 0 Å². The second-order valence-corrected chi connectivity index (χ2v) is 4.95. The fourth-order valence-corrected chi connectivity index (χ4v) is 2.53. The molecule has 20 heavy (non-hydrogen) atoms. The van der Waals surface area contributed by atoms with Gasteiger partial charge in [0, 0.05) is 16.8 Å². The standard InChI is InChI=1S/C17H11NO2/c1-10-6-7-13-15(8-10)20-16-9-14(19)11-4-2-3-5-12(11)17(16)18-13/h2-9H,1H3. The highest BCUT2D eigenvalue weighted by Crippen LogP contribution is 2.30. The van der Waals surface area contributed by atoms with Gasteiger partial charge in [-0.25, -0.2) is 4.98 Å². The van der Waals surface area contributed by atoms with Crippen LogP contribution in [0.1, 0.15) is 5.56 Å². The minimum atomic E-state index is -0.0364. The third-order valence-corrected chi connectivity index (χ3v) is 3.51. The van der Waals surface area contributed by atoms with E-state index in [1.807, 2.05) is 49.4 Å². The van der Waals surface area contributed by atoms with E-state index in [4.69, 9.17) is 4.42 Å². The number of aromatic nitrogens is 1. The number of nitrogens with zero attached hydrogens (tertiary/aromatic N) is 1. The Balaban J connectivity index is 2.25. The van der Waals surface area contributed by atoms with E-state index in [2.05, 4.69) is 4.98 Å². The smallest absolute Gasteiger partial charge is 0.190 e. The minimum Gasteiger partial charge on any atom is -0.453 e. The molecular formula is C17H11NO2. The molecule has 4 rings (SSSR count). The summed E-state index contributed by atoms with van der Waals surface area (Å²) in [4.78, 5) is 16.8. The first-order valence-corrected chi connectivity index (χ1v) is 6.45. The maximum absolute atomic E-state index is 12.1. The molecule has 0 amide bonds. The lowest BCUT2D eigenvalue weighted by Crippen LogP contribution is -2.03. The van der Waals surface area contributed by atoms with E-state index in [0.717, 1.165) is 22.2 Å². The van der Waals surface area contributed by atoms with Crippen molar-refractivity contribution in [1.82, 2.24) is 4.98 Å². The molecule has 0 fully saturated rings. The molecule has 0 N–H and O–H groups in total. The molecule has 0 unspecified atom stereocenters. The van der Waals surface area contributed by atoms with E-state index in [-0.39, 0.29) is 5.43 Å². The van der Waals surface area contributed by atoms with Gasteiger partial charge in [0.1, 0.15) is 11.2 Å². The second-order valence-electron chi connectivity index (χ2n) is 4.95. The first-order valence-electron chi connectivity index (χ1n) is 6.45. The highest BCUT2D eigenvalue weighted by Gasteiger charge is 2.14. The molecule has 0 aromatic heterocycles. The number of aryl methyl sites for hydroxylation is 1. The third-order valence-electron chi connectivity index (χ3n) is 3.51. The average Bonchev–Trinajstić information content (AvgIpc) is 2.46. The molecule has 2 aliphatic rings. The van der Waals surface area contributed by atoms with Crippen LogP contribution >= 0.6 is 0 Å². The van der Waals surface area contributed by atoms with Gasteiger partial charge in [0.25, 0.3) is 0 Å². The van der Waals surface area contributed by atoms with Crippen molar-refractivity contribution < 1.29 is 4.42 Å². The van der Waals surface area contributed by atoms with Crippen LogP contribution in [-0.4, -0.2) is 4.98 Å². The largest absolute Gasteiger partial charge is 0.453 e. The number of rotatable bonds is 0. The monoisotopic (exact) mass is 261 g/mol. The van der Waals surface area contributed by atoms with Crippen molar-refractivity contribution in [2.24, 2.45) is 0 Å². The molecule has 1 heterocycles. The predicted molar refractivity (Wildman–Crippen MR) is 79.1 cm³/mol. The van der Waals surface area contributed by atoms with Gasteiger partial charge >= 0.3 is 0 Å². The van der Waals surface area contributed by atoms with Crippen LogP contribution in [0.5, 0.6) is 0 Å². The lowest BCUT2D eigenvalue weighted by molar-refractivity contribution is 0.613. The van der Waals surface area contributed by atoms with E-state index in [1.54, 1.807) is 0 Å². The van der Waals surface area contributed by atoms with Crippen LogP contribution in [0.3, 0.4) is 0 Å². The summed E-state index contributed by atoms with van der Waals surface area (Å²) >= 11 is 0. The van der Waals surface area contributed by atoms with Crippen molar-refractivity contribution in [2.45, 2.75) is 6.92 Å². The SMILES string of the molecule is Cc1ccc2nc3c4ccccc4c(=O)cc-3oc2c1. The van der Waals surface area contributed by atoms with Crippen molar-refractivity contribution in [3.05, 3.63) is 64.3 Å². The Kier molecular flexibility index (Phi) is 2.18. The first-order chi connectivity index (χ1) is 9.72. The van der Waals surface area contributed by atoms with E-state index < -0.39 is 0 Å². The maximum Gasteiger partial charge on any atom is 0.190 e. The van der Waals surface area contributed by atoms with Crippen molar-refractivity contribution in [3.8, 4) is 11.5 Å². The Bertz CT molecular complexity index is 985. The summed E-state index contributed by atoms with van der Waals surface area (Å²) < 4.78 is 5.85. The molecule has 0 atom stereocenters. The molecule has 2 aromatic carbocycles. The van der Waals surface area contributed by atoms with Crippen molar-refractivity contribution in [3.63, 3.8) is 0 Å². The van der Waals surface area contributed by atoms with Gasteiger partial charge in [0.2, 0.25) is 0 Å². The molecule has 1 aliphatic carbocycles. The normalized spacial score (nSPS) is 11.4. The van der Waals surface area contributed by atoms with E-state index in [9.17, 15) is 4.79 Å². The van der Waals surface area contributed by atoms with Crippen molar-refractivity contribution in [1.29, 1.82) is 0 Å². The summed E-state index contributed by atoms with van der Waals surface area (Å²) in [7, 11) is 0. The number of benzene rings is 3. The Morgan fingerprint density at radius 2 is 1.80 bits per heavy atom. The summed E-state index contributed by atoms with van der Waals surface area (Å²) in [6, 6.07) is 14.9. The molecule has 0 spiro atoms. The summed E-state index contributed by atoms with van der Waals surface area (Å²) in [5.41, 5.74) is 3.30. The van der Waals surface area contributed by atoms with Gasteiger partial charge in [-0.05, 0) is 24.6 Å². The van der Waals surface area contributed by atoms with Crippen LogP contribution in [0, 0.1) is 6.92 Å². The zero-order valence-electron chi connectivity index (χ0n) is 10.9. The molecule has 0 saturated heterocycles. The highest BCUT2D eigenvalue weighted by molar-refractivity contribution is 5.96. The van der Waals surface area contributed by atoms with Gasteiger partial charge in [-0.3, -0.25) is 4.79 Å². The van der Waals surface area contributed by atoms with Gasteiger partial charge in [-0.1, -0.05) is 30.3 Å². The van der Waals surface area contributed by atoms with Gasteiger partial charge in [0.15, 0.2) is 16.8 Å². The zero-order chi connectivity index (χ0) is 13.7. The fraction of sp³-hybridized carbons (Fsp3) is 0.0588. The molecule has 2 aromatic rings. The fourth-order valence-electron chi connectivity index (χ4n) is 2.53. The van der Waals surface area contributed by atoms with Crippen LogP contribution in [0.15, 0.2) is 57.7 Å². The quantitative estimate of drug-likeness (QED) is 0.357. The molecular weight excluding hydrogens is 250 g/mol. The Labute approximate surface area is 114 Å². The van der Waals surface area contributed by atoms with E-state index in [0.29, 0.717) is 16.7 Å². The summed E-state index contributed by atoms with van der Waals surface area (Å²) in [6.45, 7) is 2.00. The van der Waals surface area contributed by atoms with Crippen LogP contribution in [-0.2, 0) is 0 Å². The van der Waals surface area contributed by atoms with Crippen LogP contribution in [0.2, 0.25) is 0 Å². The lowest BCUT2D eigenvalue weighted by Gasteiger charge is -2.09. The topological polar surface area (TPSA) is 43.1 Å². The van der Waals surface area contributed by atoms with E-state index in [1.165, 1.54) is 6.07 Å². The summed E-state index contributed by atoms with van der Waals surface area (Å²) in [5, 5.41) is 1.51. The molecule has 3 heteroatoms. The van der Waals surface area contributed by atoms with Gasteiger partial charge in [0.05, 0.1) is 0 Å². The molecule has 0 radical (unpaired) electrons. The molecule has 0 bridgehead atoms. The lowest BCUT2D eigenvalue weighted by atomic mass is 10.0. The first kappa shape index (κ1) is 11.2. The number of fused-ring (bicyclic) bond motifs is 4. The van der Waals surface area contributed by atoms with Crippen LogP contribution in [0.25, 0.3) is 33.3 Å². The number of hydrogen-bond acceptors (Lipinski definition) is 3. The predicted octanol–water partition coefficient (Wildman–Crippen LogP) is 3.75. The van der Waals surface area contributed by atoms with Crippen LogP contribution < -0.4 is 5.43 Å². The number of hydrogen-bond donors (Lipinski definition) is 0. The Morgan fingerprint density at radius 1 is 1.00 bits per heavy atom. The zero-order valence-corrected chi connectivity index (χ0v) is 10.9. The van der Waals surface area contributed by atoms with Crippen molar-refractivity contribution in [2.75, 3.05) is 0 Å². The Morgan fingerprint density at radius 3 is 2.65 bits per heavy atom. The molecule has 96 valence electrons. The second kappa shape index (κ2) is 3.90. The summed E-state index contributed by atoms with van der Waals surface area (Å²) in [5.74, 6) is 0.534. The Hall–Kier alpha value is -2.68. The summed E-state index contributed by atoms with van der Waals surface area (Å²) in [6.07, 6.45) is 0. The maximum atomic E-state index is 12.1. The average molecular weight is 261 g/mol. The third kappa shape index (κ3) is 1.53. The molecule has 0 saturated carbocycles. The van der Waals surface area contributed by atoms with Gasteiger partial charge in [-0.2, -0.15) is 0 Å². The molecule has 1 aliphatic heterocycles. The van der Waals surface area contributed by atoms with Gasteiger partial charge < -0.3 is 4.42 Å². The van der Waals surface area contributed by atoms with Crippen molar-refractivity contribution >= 4 is 21.9 Å². The van der Waals surface area contributed by atoms with E-state index >= 15 is 0 Å². The highest BCUT2D eigenvalue weighted by atomic mass is 16.3. The minimum absolute atomic E-state index is 0.0364. The van der Waals surface area contributed by atoms with Gasteiger partial charge in [-0.15, -0.1) is 0 Å².